The molecule has 0 fully saturated rings. The number of fused-ring (bicyclic) bond motifs is 2. The summed E-state index contributed by atoms with van der Waals surface area (Å²) in [6.07, 6.45) is 1.90. The number of hydrogen-bond donors (Lipinski definition) is 0. The molecule has 0 aliphatic carbocycles. The molecule has 0 saturated heterocycles. The van der Waals surface area contributed by atoms with Crippen molar-refractivity contribution in [3.63, 3.8) is 0 Å². The zero-order chi connectivity index (χ0) is 11.2. The van der Waals surface area contributed by atoms with Gasteiger partial charge in [0.15, 0.2) is 0 Å². The molecule has 0 amide bonds. The van der Waals surface area contributed by atoms with Gasteiger partial charge in [-0.3, -0.25) is 4.98 Å². The normalized spacial score (nSPS) is 12.5. The van der Waals surface area contributed by atoms with E-state index >= 15 is 0 Å². The highest BCUT2D eigenvalue weighted by Gasteiger charge is 2.18. The fourth-order valence-electron chi connectivity index (χ4n) is 2.38. The maximum Gasteiger partial charge on any atom is 0.0719 e. The fourth-order valence-corrected chi connectivity index (χ4v) is 3.51. The van der Waals surface area contributed by atoms with Crippen LogP contribution in [0.5, 0.6) is 0 Å². The minimum absolute atomic E-state index is 1.09. The average Bonchev–Trinajstić information content (AvgIpc) is 2.39. The second kappa shape index (κ2) is 3.34. The van der Waals surface area contributed by atoms with Crippen LogP contribution in [0, 0.1) is 0 Å². The maximum absolute atomic E-state index is 4.44. The Labute approximate surface area is 104 Å². The zero-order valence-corrected chi connectivity index (χ0v) is 9.87. The van der Waals surface area contributed by atoms with Crippen molar-refractivity contribution in [3.05, 3.63) is 54.7 Å². The first-order chi connectivity index (χ1) is 8.43. The Morgan fingerprint density at radius 3 is 2.65 bits per heavy atom. The standard InChI is InChI=1S/C15H9NS/c1-2-6-13-10(4-1)11-8-9-16-12-5-3-7-14(17-13)15(11)12/h1-9H. The van der Waals surface area contributed by atoms with Crippen LogP contribution >= 0.6 is 11.8 Å². The zero-order valence-electron chi connectivity index (χ0n) is 9.05. The first kappa shape index (κ1) is 9.25. The van der Waals surface area contributed by atoms with Gasteiger partial charge < -0.3 is 0 Å². The van der Waals surface area contributed by atoms with Crippen molar-refractivity contribution >= 4 is 22.7 Å². The first-order valence-corrected chi connectivity index (χ1v) is 6.40. The molecule has 0 unspecified atom stereocenters. The molecule has 2 heteroatoms. The van der Waals surface area contributed by atoms with E-state index in [0.29, 0.717) is 0 Å². The molecule has 2 heterocycles. The van der Waals surface area contributed by atoms with Crippen molar-refractivity contribution in [2.45, 2.75) is 9.79 Å². The van der Waals surface area contributed by atoms with Gasteiger partial charge in [0.05, 0.1) is 5.52 Å². The molecule has 1 aliphatic rings. The van der Waals surface area contributed by atoms with Gasteiger partial charge in [0, 0.05) is 21.4 Å². The minimum Gasteiger partial charge on any atom is -0.256 e. The van der Waals surface area contributed by atoms with Crippen LogP contribution in [-0.2, 0) is 0 Å². The average molecular weight is 235 g/mol. The molecule has 0 saturated carbocycles. The van der Waals surface area contributed by atoms with Gasteiger partial charge in [0.25, 0.3) is 0 Å². The van der Waals surface area contributed by atoms with Crippen molar-refractivity contribution in [1.82, 2.24) is 4.98 Å². The molecule has 4 rings (SSSR count). The fraction of sp³-hybridized carbons (Fsp3) is 0. The predicted octanol–water partition coefficient (Wildman–Crippen LogP) is 4.37. The molecule has 2 aromatic carbocycles. The van der Waals surface area contributed by atoms with Crippen LogP contribution in [0.1, 0.15) is 0 Å². The Balaban J connectivity index is 2.22. The number of pyridine rings is 1. The number of aromatic nitrogens is 1. The molecule has 0 N–H and O–H groups in total. The Hall–Kier alpha value is -1.80. The van der Waals surface area contributed by atoms with Gasteiger partial charge in [-0.25, -0.2) is 0 Å². The second-order valence-electron chi connectivity index (χ2n) is 4.11. The molecule has 0 spiro atoms. The number of hydrogen-bond acceptors (Lipinski definition) is 2. The quantitative estimate of drug-likeness (QED) is 0.449. The first-order valence-electron chi connectivity index (χ1n) is 5.58. The van der Waals surface area contributed by atoms with Gasteiger partial charge in [-0.05, 0) is 35.4 Å². The Morgan fingerprint density at radius 1 is 0.765 bits per heavy atom. The minimum atomic E-state index is 1.09. The van der Waals surface area contributed by atoms with Gasteiger partial charge in [-0.15, -0.1) is 0 Å². The Morgan fingerprint density at radius 2 is 1.65 bits per heavy atom. The highest BCUT2D eigenvalue weighted by Crippen LogP contribution is 2.46. The summed E-state index contributed by atoms with van der Waals surface area (Å²) < 4.78 is 0. The van der Waals surface area contributed by atoms with E-state index in [1.807, 2.05) is 18.0 Å². The summed E-state index contributed by atoms with van der Waals surface area (Å²) in [5.74, 6) is 0. The van der Waals surface area contributed by atoms with E-state index in [4.69, 9.17) is 0 Å². The molecule has 0 bridgehead atoms. The molecule has 3 aromatic rings. The molecule has 80 valence electrons. The summed E-state index contributed by atoms with van der Waals surface area (Å²) in [5.41, 5.74) is 3.71. The summed E-state index contributed by atoms with van der Waals surface area (Å²) in [4.78, 5) is 7.09. The Bertz CT molecular complexity index is 729. The van der Waals surface area contributed by atoms with E-state index in [1.165, 1.54) is 26.3 Å². The van der Waals surface area contributed by atoms with Crippen LogP contribution in [0.4, 0.5) is 0 Å². The van der Waals surface area contributed by atoms with E-state index in [9.17, 15) is 0 Å². The molecule has 1 aliphatic heterocycles. The third-order valence-corrected chi connectivity index (χ3v) is 4.26. The van der Waals surface area contributed by atoms with E-state index in [1.54, 1.807) is 0 Å². The van der Waals surface area contributed by atoms with Gasteiger partial charge in [0.1, 0.15) is 0 Å². The second-order valence-corrected chi connectivity index (χ2v) is 5.19. The lowest BCUT2D eigenvalue weighted by molar-refractivity contribution is 1.34. The smallest absolute Gasteiger partial charge is 0.0719 e. The highest BCUT2D eigenvalue weighted by atomic mass is 32.2. The SMILES string of the molecule is c1ccc2c(c1)Sc1cccc3nccc-2c13. The van der Waals surface area contributed by atoms with Crippen molar-refractivity contribution in [2.24, 2.45) is 0 Å². The monoisotopic (exact) mass is 235 g/mol. The number of nitrogens with zero attached hydrogens (tertiary/aromatic N) is 1. The summed E-state index contributed by atoms with van der Waals surface area (Å²) in [7, 11) is 0. The van der Waals surface area contributed by atoms with E-state index < -0.39 is 0 Å². The van der Waals surface area contributed by atoms with Crippen LogP contribution < -0.4 is 0 Å². The van der Waals surface area contributed by atoms with Crippen molar-refractivity contribution in [1.29, 1.82) is 0 Å². The lowest BCUT2D eigenvalue weighted by Gasteiger charge is -2.19. The van der Waals surface area contributed by atoms with Gasteiger partial charge in [-0.2, -0.15) is 0 Å². The van der Waals surface area contributed by atoms with Gasteiger partial charge in [0.2, 0.25) is 0 Å². The molecular formula is C15H9NS. The van der Waals surface area contributed by atoms with Crippen LogP contribution in [0.25, 0.3) is 22.0 Å². The molecule has 0 atom stereocenters. The van der Waals surface area contributed by atoms with Crippen molar-refractivity contribution in [2.75, 3.05) is 0 Å². The van der Waals surface area contributed by atoms with E-state index in [0.717, 1.165) is 5.52 Å². The molecule has 1 aromatic heterocycles. The number of rotatable bonds is 0. The topological polar surface area (TPSA) is 12.9 Å². The third-order valence-electron chi connectivity index (χ3n) is 3.13. The number of benzene rings is 2. The maximum atomic E-state index is 4.44. The van der Waals surface area contributed by atoms with Crippen molar-refractivity contribution < 1.29 is 0 Å². The van der Waals surface area contributed by atoms with Crippen LogP contribution in [0.15, 0.2) is 64.5 Å². The molecule has 17 heavy (non-hydrogen) atoms. The summed E-state index contributed by atoms with van der Waals surface area (Å²) >= 11 is 1.83. The highest BCUT2D eigenvalue weighted by molar-refractivity contribution is 7.99. The van der Waals surface area contributed by atoms with Crippen LogP contribution in [-0.4, -0.2) is 4.98 Å². The molecule has 1 nitrogen and oxygen atoms in total. The van der Waals surface area contributed by atoms with Gasteiger partial charge in [-0.1, -0.05) is 36.0 Å². The molecule has 0 radical (unpaired) electrons. The molecular weight excluding hydrogens is 226 g/mol. The third kappa shape index (κ3) is 1.25. The van der Waals surface area contributed by atoms with Crippen LogP contribution in [0.2, 0.25) is 0 Å². The van der Waals surface area contributed by atoms with Gasteiger partial charge >= 0.3 is 0 Å². The van der Waals surface area contributed by atoms with E-state index in [-0.39, 0.29) is 0 Å². The van der Waals surface area contributed by atoms with Crippen molar-refractivity contribution in [3.8, 4) is 11.1 Å². The lowest BCUT2D eigenvalue weighted by Crippen LogP contribution is -1.93. The van der Waals surface area contributed by atoms with E-state index in [2.05, 4.69) is 53.5 Å². The predicted molar refractivity (Wildman–Crippen MR) is 71.3 cm³/mol. The lowest BCUT2D eigenvalue weighted by atomic mass is 10.0. The van der Waals surface area contributed by atoms with Crippen LogP contribution in [0.3, 0.4) is 0 Å². The Kier molecular flexibility index (Phi) is 1.82. The largest absolute Gasteiger partial charge is 0.256 e. The summed E-state index contributed by atoms with van der Waals surface area (Å²) in [5, 5.41) is 1.29. The summed E-state index contributed by atoms with van der Waals surface area (Å²) in [6.45, 7) is 0. The summed E-state index contributed by atoms with van der Waals surface area (Å²) in [6, 6.07) is 17.0.